The molecule has 0 bridgehead atoms. The van der Waals surface area contributed by atoms with E-state index < -0.39 is 5.91 Å². The highest BCUT2D eigenvalue weighted by Gasteiger charge is 2.14. The van der Waals surface area contributed by atoms with Gasteiger partial charge in [-0.25, -0.2) is 0 Å². The Morgan fingerprint density at radius 1 is 1.39 bits per heavy atom. The van der Waals surface area contributed by atoms with E-state index in [4.69, 9.17) is 33.2 Å². The highest BCUT2D eigenvalue weighted by Crippen LogP contribution is 2.34. The highest BCUT2D eigenvalue weighted by molar-refractivity contribution is 7.08. The van der Waals surface area contributed by atoms with Gasteiger partial charge < -0.3 is 15.4 Å². The molecule has 0 atom stereocenters. The van der Waals surface area contributed by atoms with Crippen LogP contribution in [0.5, 0.6) is 5.75 Å². The third-order valence-corrected chi connectivity index (χ3v) is 4.05. The molecule has 2 N–H and O–H groups in total. The van der Waals surface area contributed by atoms with Gasteiger partial charge in [0.25, 0.3) is 5.91 Å². The molecule has 0 saturated heterocycles. The molecule has 0 unspecified atom stereocenters. The first-order valence-corrected chi connectivity index (χ1v) is 7.98. The summed E-state index contributed by atoms with van der Waals surface area (Å²) < 4.78 is 5.07. The van der Waals surface area contributed by atoms with Crippen LogP contribution in [0.2, 0.25) is 10.0 Å². The summed E-state index contributed by atoms with van der Waals surface area (Å²) >= 11 is 13.5. The van der Waals surface area contributed by atoms with Crippen LogP contribution in [-0.2, 0) is 4.79 Å². The molecule has 1 heterocycles. The number of carbonyl (C=O) groups is 1. The molecule has 0 fully saturated rings. The smallest absolute Gasteiger partial charge is 0.267 e. The SMILES string of the molecule is COc1cc(NC(=O)/C(C#N)=C/Nc2ccsc2)c(Cl)cc1Cl. The number of carbonyl (C=O) groups excluding carboxylic acids is 1. The number of benzene rings is 1. The zero-order valence-corrected chi connectivity index (χ0v) is 14.2. The van der Waals surface area contributed by atoms with Gasteiger partial charge in [0.15, 0.2) is 0 Å². The van der Waals surface area contributed by atoms with Gasteiger partial charge in [-0.2, -0.15) is 16.6 Å². The van der Waals surface area contributed by atoms with E-state index in [-0.39, 0.29) is 10.6 Å². The van der Waals surface area contributed by atoms with Crippen LogP contribution in [0.25, 0.3) is 0 Å². The van der Waals surface area contributed by atoms with Crippen molar-refractivity contribution in [2.75, 3.05) is 17.7 Å². The van der Waals surface area contributed by atoms with Gasteiger partial charge in [0.2, 0.25) is 0 Å². The summed E-state index contributed by atoms with van der Waals surface area (Å²) in [6.45, 7) is 0. The van der Waals surface area contributed by atoms with Crippen molar-refractivity contribution in [3.8, 4) is 11.8 Å². The monoisotopic (exact) mass is 367 g/mol. The molecule has 1 aromatic heterocycles. The molecule has 118 valence electrons. The summed E-state index contributed by atoms with van der Waals surface area (Å²) in [5, 5.41) is 18.8. The predicted octanol–water partition coefficient (Wildman–Crippen LogP) is 4.52. The normalized spacial score (nSPS) is 10.8. The van der Waals surface area contributed by atoms with E-state index in [1.807, 2.05) is 22.9 Å². The van der Waals surface area contributed by atoms with Crippen LogP contribution in [0.4, 0.5) is 11.4 Å². The second-order valence-electron chi connectivity index (χ2n) is 4.25. The van der Waals surface area contributed by atoms with Gasteiger partial charge in [-0.15, -0.1) is 0 Å². The van der Waals surface area contributed by atoms with Crippen LogP contribution < -0.4 is 15.4 Å². The van der Waals surface area contributed by atoms with E-state index in [2.05, 4.69) is 10.6 Å². The lowest BCUT2D eigenvalue weighted by atomic mass is 10.2. The lowest BCUT2D eigenvalue weighted by molar-refractivity contribution is -0.112. The Kier molecular flexibility index (Phi) is 5.88. The lowest BCUT2D eigenvalue weighted by Gasteiger charge is -2.10. The molecule has 0 saturated carbocycles. The van der Waals surface area contributed by atoms with Crippen LogP contribution in [0.15, 0.2) is 40.7 Å². The molecular formula is C15H11Cl2N3O2S. The van der Waals surface area contributed by atoms with Gasteiger partial charge in [0, 0.05) is 23.3 Å². The fraction of sp³-hybridized carbons (Fsp3) is 0.0667. The zero-order chi connectivity index (χ0) is 16.8. The van der Waals surface area contributed by atoms with Crippen molar-refractivity contribution in [2.45, 2.75) is 0 Å². The standard InChI is InChI=1S/C15H11Cl2N3O2S/c1-22-14-5-13(11(16)4-12(14)17)20-15(21)9(6-18)7-19-10-2-3-23-8-10/h2-5,7-8,19H,1H3,(H,20,21)/b9-7+. The summed E-state index contributed by atoms with van der Waals surface area (Å²) in [7, 11) is 1.45. The molecule has 5 nitrogen and oxygen atoms in total. The van der Waals surface area contributed by atoms with Crippen LogP contribution in [0.1, 0.15) is 0 Å². The van der Waals surface area contributed by atoms with Crippen LogP contribution in [0, 0.1) is 11.3 Å². The van der Waals surface area contributed by atoms with Crippen molar-refractivity contribution >= 4 is 51.8 Å². The average Bonchev–Trinajstić information content (AvgIpc) is 3.04. The number of nitrogens with one attached hydrogen (secondary N) is 2. The quantitative estimate of drug-likeness (QED) is 0.601. The first-order valence-electron chi connectivity index (χ1n) is 6.28. The first-order chi connectivity index (χ1) is 11.0. The van der Waals surface area contributed by atoms with E-state index in [9.17, 15) is 4.79 Å². The van der Waals surface area contributed by atoms with Crippen LogP contribution >= 0.6 is 34.5 Å². The Morgan fingerprint density at radius 2 is 2.17 bits per heavy atom. The molecule has 0 aliphatic heterocycles. The van der Waals surface area contributed by atoms with E-state index >= 15 is 0 Å². The van der Waals surface area contributed by atoms with Crippen LogP contribution in [0.3, 0.4) is 0 Å². The van der Waals surface area contributed by atoms with Gasteiger partial charge >= 0.3 is 0 Å². The van der Waals surface area contributed by atoms with Crippen molar-refractivity contribution in [1.82, 2.24) is 0 Å². The number of halogens is 2. The molecule has 1 aromatic carbocycles. The molecule has 23 heavy (non-hydrogen) atoms. The van der Waals surface area contributed by atoms with Gasteiger partial charge in [-0.05, 0) is 17.5 Å². The zero-order valence-electron chi connectivity index (χ0n) is 11.9. The molecule has 0 aliphatic rings. The van der Waals surface area contributed by atoms with Crippen molar-refractivity contribution in [3.05, 3.63) is 50.8 Å². The topological polar surface area (TPSA) is 74.1 Å². The molecule has 8 heteroatoms. The molecular weight excluding hydrogens is 357 g/mol. The van der Waals surface area contributed by atoms with Crippen molar-refractivity contribution in [1.29, 1.82) is 5.26 Å². The summed E-state index contributed by atoms with van der Waals surface area (Å²) in [6.07, 6.45) is 1.33. The second kappa shape index (κ2) is 7.88. The van der Waals surface area contributed by atoms with Crippen molar-refractivity contribution < 1.29 is 9.53 Å². The minimum atomic E-state index is -0.596. The minimum Gasteiger partial charge on any atom is -0.495 e. The molecule has 0 aliphatic carbocycles. The number of methoxy groups -OCH3 is 1. The van der Waals surface area contributed by atoms with E-state index in [0.29, 0.717) is 16.5 Å². The Labute approximate surface area is 147 Å². The molecule has 1 amide bonds. The van der Waals surface area contributed by atoms with Gasteiger partial charge in [0.1, 0.15) is 17.4 Å². The predicted molar refractivity (Wildman–Crippen MR) is 93.3 cm³/mol. The largest absolute Gasteiger partial charge is 0.495 e. The van der Waals surface area contributed by atoms with E-state index in [1.54, 1.807) is 0 Å². The fourth-order valence-corrected chi connectivity index (χ4v) is 2.73. The van der Waals surface area contributed by atoms with Crippen molar-refractivity contribution in [3.63, 3.8) is 0 Å². The Hall–Kier alpha value is -2.20. The first kappa shape index (κ1) is 17.2. The average molecular weight is 368 g/mol. The lowest BCUT2D eigenvalue weighted by Crippen LogP contribution is -2.15. The van der Waals surface area contributed by atoms with Gasteiger partial charge in [-0.1, -0.05) is 23.2 Å². The number of nitrogens with zero attached hydrogens (tertiary/aromatic N) is 1. The third-order valence-electron chi connectivity index (χ3n) is 2.76. The number of rotatable bonds is 5. The van der Waals surface area contributed by atoms with E-state index in [0.717, 1.165) is 5.69 Å². The Bertz CT molecular complexity index is 783. The summed E-state index contributed by atoms with van der Waals surface area (Å²) in [4.78, 5) is 12.2. The molecule has 2 rings (SSSR count). The van der Waals surface area contributed by atoms with E-state index in [1.165, 1.54) is 36.8 Å². The maximum Gasteiger partial charge on any atom is 0.267 e. The summed E-state index contributed by atoms with van der Waals surface area (Å²) in [5.41, 5.74) is 0.998. The fourth-order valence-electron chi connectivity index (χ4n) is 1.62. The molecule has 2 aromatic rings. The number of anilines is 2. The number of thiophene rings is 1. The highest BCUT2D eigenvalue weighted by atomic mass is 35.5. The molecule has 0 spiro atoms. The van der Waals surface area contributed by atoms with Crippen LogP contribution in [-0.4, -0.2) is 13.0 Å². The Morgan fingerprint density at radius 3 is 2.78 bits per heavy atom. The molecule has 0 radical (unpaired) electrons. The second-order valence-corrected chi connectivity index (χ2v) is 5.84. The number of nitriles is 1. The third kappa shape index (κ3) is 4.39. The number of hydrogen-bond donors (Lipinski definition) is 2. The maximum atomic E-state index is 12.2. The summed E-state index contributed by atoms with van der Waals surface area (Å²) in [5.74, 6) is -0.230. The van der Waals surface area contributed by atoms with Gasteiger partial charge in [0.05, 0.1) is 22.8 Å². The number of ether oxygens (including phenoxy) is 1. The summed E-state index contributed by atoms with van der Waals surface area (Å²) in [6, 6.07) is 6.61. The number of amides is 1. The minimum absolute atomic E-state index is 0.0961. The number of hydrogen-bond acceptors (Lipinski definition) is 5. The Balaban J connectivity index is 2.17. The maximum absolute atomic E-state index is 12.2. The van der Waals surface area contributed by atoms with Gasteiger partial charge in [-0.3, -0.25) is 4.79 Å². The van der Waals surface area contributed by atoms with Crippen molar-refractivity contribution in [2.24, 2.45) is 0 Å².